The van der Waals surface area contributed by atoms with E-state index in [1.807, 2.05) is 24.4 Å². The average molecular weight is 647 g/mol. The van der Waals surface area contributed by atoms with Crippen LogP contribution in [0.5, 0.6) is 11.5 Å². The molecule has 4 aromatic carbocycles. The fourth-order valence-electron chi connectivity index (χ4n) is 7.23. The molecule has 49 heavy (non-hydrogen) atoms. The van der Waals surface area contributed by atoms with Gasteiger partial charge in [-0.25, -0.2) is 9.67 Å². The summed E-state index contributed by atoms with van der Waals surface area (Å²) >= 11 is 0. The Morgan fingerprint density at radius 3 is 2.24 bits per heavy atom. The smallest absolute Gasteiger partial charge is 0.137 e. The highest BCUT2D eigenvalue weighted by atomic mass is 16.5. The SMILES string of the molecule is Cc1ccnc(-n2c3ccccc3c3ccc(Oc4cccc(-n5nc(C)c(-c6c(C)cc(C(C)(C)C)cc6CC(C)C)c5C)c4)cc32)c1. The van der Waals surface area contributed by atoms with Crippen LogP contribution in [0.4, 0.5) is 0 Å². The Labute approximate surface area is 290 Å². The van der Waals surface area contributed by atoms with Gasteiger partial charge in [0.05, 0.1) is 22.4 Å². The summed E-state index contributed by atoms with van der Waals surface area (Å²) in [5, 5.41) is 7.46. The molecule has 0 fully saturated rings. The first-order valence-electron chi connectivity index (χ1n) is 17.3. The van der Waals surface area contributed by atoms with Crippen molar-refractivity contribution in [1.29, 1.82) is 0 Å². The van der Waals surface area contributed by atoms with Crippen molar-refractivity contribution in [2.75, 3.05) is 0 Å². The molecule has 7 rings (SSSR count). The number of hydrogen-bond acceptors (Lipinski definition) is 3. The van der Waals surface area contributed by atoms with E-state index in [-0.39, 0.29) is 5.41 Å². The Kier molecular flexibility index (Phi) is 8.18. The highest BCUT2D eigenvalue weighted by Crippen LogP contribution is 2.39. The van der Waals surface area contributed by atoms with Gasteiger partial charge >= 0.3 is 0 Å². The second-order valence-electron chi connectivity index (χ2n) is 15.0. The van der Waals surface area contributed by atoms with Gasteiger partial charge in [0, 0.05) is 40.4 Å². The lowest BCUT2D eigenvalue weighted by Gasteiger charge is -2.24. The lowest BCUT2D eigenvalue weighted by Crippen LogP contribution is -2.13. The molecule has 0 saturated carbocycles. The molecular weight excluding hydrogens is 601 g/mol. The average Bonchev–Trinajstić information content (AvgIpc) is 3.53. The first kappa shape index (κ1) is 32.4. The number of aryl methyl sites for hydroxylation is 3. The minimum absolute atomic E-state index is 0.0856. The maximum Gasteiger partial charge on any atom is 0.137 e. The number of para-hydroxylation sites is 1. The number of fused-ring (bicyclic) bond motifs is 3. The molecule has 248 valence electrons. The molecule has 0 aliphatic rings. The fraction of sp³-hybridized carbons (Fsp3) is 0.273. The third kappa shape index (κ3) is 6.03. The van der Waals surface area contributed by atoms with Crippen molar-refractivity contribution in [3.8, 4) is 34.1 Å². The highest BCUT2D eigenvalue weighted by molar-refractivity contribution is 6.09. The zero-order valence-electron chi connectivity index (χ0n) is 30.2. The van der Waals surface area contributed by atoms with Crippen LogP contribution in [-0.2, 0) is 11.8 Å². The predicted octanol–water partition coefficient (Wildman–Crippen LogP) is 11.6. The van der Waals surface area contributed by atoms with E-state index in [0.29, 0.717) is 5.92 Å². The molecule has 0 N–H and O–H groups in total. The number of ether oxygens (including phenoxy) is 1. The van der Waals surface area contributed by atoms with Crippen LogP contribution in [0.1, 0.15) is 68.3 Å². The van der Waals surface area contributed by atoms with Crippen molar-refractivity contribution in [2.45, 2.75) is 74.1 Å². The van der Waals surface area contributed by atoms with E-state index in [9.17, 15) is 0 Å². The maximum absolute atomic E-state index is 6.57. The van der Waals surface area contributed by atoms with Gasteiger partial charge in [0.1, 0.15) is 17.3 Å². The van der Waals surface area contributed by atoms with E-state index in [0.717, 1.165) is 57.2 Å². The fourth-order valence-corrected chi connectivity index (χ4v) is 7.23. The minimum Gasteiger partial charge on any atom is -0.457 e. The quantitative estimate of drug-likeness (QED) is 0.173. The standard InChI is InChI=1S/C44H46N4O/c1-27(2)21-32-24-33(44(7,8)9)23-29(4)42(32)43-30(5)46-48(31(43)6)34-13-12-14-35(25-34)49-36-17-18-38-37-15-10-11-16-39(37)47(40(38)26-36)41-22-28(3)19-20-45-41/h10-20,22-27H,21H2,1-9H3. The molecule has 5 nitrogen and oxygen atoms in total. The van der Waals surface area contributed by atoms with Gasteiger partial charge in [0.15, 0.2) is 0 Å². The third-order valence-electron chi connectivity index (χ3n) is 9.53. The zero-order chi connectivity index (χ0) is 34.6. The summed E-state index contributed by atoms with van der Waals surface area (Å²) in [6.07, 6.45) is 2.89. The highest BCUT2D eigenvalue weighted by Gasteiger charge is 2.23. The zero-order valence-corrected chi connectivity index (χ0v) is 30.2. The molecule has 0 aliphatic carbocycles. The van der Waals surface area contributed by atoms with E-state index in [2.05, 4.69) is 144 Å². The topological polar surface area (TPSA) is 44.9 Å². The van der Waals surface area contributed by atoms with Crippen LogP contribution in [-0.4, -0.2) is 19.3 Å². The van der Waals surface area contributed by atoms with Gasteiger partial charge in [-0.2, -0.15) is 5.10 Å². The first-order chi connectivity index (χ1) is 23.4. The van der Waals surface area contributed by atoms with Crippen LogP contribution in [0.15, 0.2) is 97.2 Å². The van der Waals surface area contributed by atoms with E-state index in [4.69, 9.17) is 14.8 Å². The summed E-state index contributed by atoms with van der Waals surface area (Å²) in [5.74, 6) is 2.97. The van der Waals surface area contributed by atoms with Crippen LogP contribution in [0.3, 0.4) is 0 Å². The molecule has 0 radical (unpaired) electrons. The summed E-state index contributed by atoms with van der Waals surface area (Å²) in [6.45, 7) is 20.2. The third-order valence-corrected chi connectivity index (χ3v) is 9.53. The maximum atomic E-state index is 6.57. The summed E-state index contributed by atoms with van der Waals surface area (Å²) in [5.41, 5.74) is 13.2. The van der Waals surface area contributed by atoms with Crippen molar-refractivity contribution in [2.24, 2.45) is 5.92 Å². The van der Waals surface area contributed by atoms with Gasteiger partial charge in [-0.3, -0.25) is 4.57 Å². The van der Waals surface area contributed by atoms with Crippen molar-refractivity contribution >= 4 is 21.8 Å². The molecular formula is C44H46N4O. The monoisotopic (exact) mass is 646 g/mol. The Hall–Kier alpha value is -5.16. The number of benzene rings is 4. The van der Waals surface area contributed by atoms with Gasteiger partial charge < -0.3 is 4.74 Å². The molecule has 0 unspecified atom stereocenters. The van der Waals surface area contributed by atoms with Gasteiger partial charge in [-0.15, -0.1) is 0 Å². The largest absolute Gasteiger partial charge is 0.457 e. The van der Waals surface area contributed by atoms with Crippen LogP contribution in [0.25, 0.3) is 44.4 Å². The molecule has 0 aliphatic heterocycles. The van der Waals surface area contributed by atoms with Crippen LogP contribution < -0.4 is 4.74 Å². The number of aromatic nitrogens is 4. The Morgan fingerprint density at radius 2 is 1.49 bits per heavy atom. The summed E-state index contributed by atoms with van der Waals surface area (Å²) in [7, 11) is 0. The van der Waals surface area contributed by atoms with Crippen LogP contribution in [0, 0.1) is 33.6 Å². The number of pyridine rings is 1. The molecule has 3 aromatic heterocycles. The molecule has 0 amide bonds. The van der Waals surface area contributed by atoms with Crippen molar-refractivity contribution in [3.63, 3.8) is 0 Å². The Bertz CT molecular complexity index is 2350. The van der Waals surface area contributed by atoms with Crippen molar-refractivity contribution < 1.29 is 4.74 Å². The lowest BCUT2D eigenvalue weighted by molar-refractivity contribution is 0.482. The van der Waals surface area contributed by atoms with Crippen molar-refractivity contribution in [3.05, 3.63) is 131 Å². The summed E-state index contributed by atoms with van der Waals surface area (Å²) < 4.78 is 10.9. The Balaban J connectivity index is 1.28. The van der Waals surface area contributed by atoms with Crippen LogP contribution >= 0.6 is 0 Å². The van der Waals surface area contributed by atoms with Gasteiger partial charge in [-0.1, -0.05) is 71.0 Å². The van der Waals surface area contributed by atoms with Gasteiger partial charge in [0.2, 0.25) is 0 Å². The van der Waals surface area contributed by atoms with Gasteiger partial charge in [-0.05, 0) is 116 Å². The van der Waals surface area contributed by atoms with E-state index >= 15 is 0 Å². The summed E-state index contributed by atoms with van der Waals surface area (Å²) in [4.78, 5) is 4.73. The lowest BCUT2D eigenvalue weighted by atomic mass is 9.80. The molecule has 5 heteroatoms. The number of nitrogens with zero attached hydrogens (tertiary/aromatic N) is 4. The second kappa shape index (κ2) is 12.4. The minimum atomic E-state index is 0.0856. The second-order valence-corrected chi connectivity index (χ2v) is 15.0. The van der Waals surface area contributed by atoms with E-state index in [1.165, 1.54) is 38.8 Å². The number of hydrogen-bond donors (Lipinski definition) is 0. The normalized spacial score (nSPS) is 12.0. The Morgan fingerprint density at radius 1 is 0.735 bits per heavy atom. The van der Waals surface area contributed by atoms with Crippen LogP contribution in [0.2, 0.25) is 0 Å². The van der Waals surface area contributed by atoms with E-state index in [1.54, 1.807) is 0 Å². The van der Waals surface area contributed by atoms with Crippen molar-refractivity contribution in [1.82, 2.24) is 19.3 Å². The molecule has 0 bridgehead atoms. The first-order valence-corrected chi connectivity index (χ1v) is 17.3. The molecule has 0 atom stereocenters. The molecule has 0 spiro atoms. The molecule has 0 saturated heterocycles. The molecule has 7 aromatic rings. The van der Waals surface area contributed by atoms with E-state index < -0.39 is 0 Å². The number of rotatable bonds is 7. The predicted molar refractivity (Wildman–Crippen MR) is 204 cm³/mol. The summed E-state index contributed by atoms with van der Waals surface area (Å²) in [6, 6.07) is 32.0. The van der Waals surface area contributed by atoms with Gasteiger partial charge in [0.25, 0.3) is 0 Å². The molecule has 3 heterocycles.